The van der Waals surface area contributed by atoms with Gasteiger partial charge in [0.1, 0.15) is 11.6 Å². The summed E-state index contributed by atoms with van der Waals surface area (Å²) in [6.07, 6.45) is 3.73. The Labute approximate surface area is 193 Å². The highest BCUT2D eigenvalue weighted by Gasteiger charge is 2.39. The lowest BCUT2D eigenvalue weighted by Crippen LogP contribution is -2.48. The molecule has 0 spiro atoms. The van der Waals surface area contributed by atoms with Crippen molar-refractivity contribution < 1.29 is 14.3 Å². The first kappa shape index (κ1) is 21.7. The van der Waals surface area contributed by atoms with E-state index in [9.17, 15) is 14.3 Å². The van der Waals surface area contributed by atoms with Crippen molar-refractivity contribution in [2.24, 2.45) is 5.73 Å². The van der Waals surface area contributed by atoms with Crippen molar-refractivity contribution in [2.75, 3.05) is 11.1 Å². The zero-order chi connectivity index (χ0) is 24.2. The van der Waals surface area contributed by atoms with E-state index in [1.54, 1.807) is 13.1 Å². The molecule has 0 aliphatic heterocycles. The molecule has 1 amide bonds. The number of aromatic nitrogens is 5. The number of benzene rings is 1. The number of hydrogen-bond donors (Lipinski definition) is 5. The maximum absolute atomic E-state index is 14.3. The van der Waals surface area contributed by atoms with Crippen LogP contribution in [0.1, 0.15) is 35.8 Å². The smallest absolute Gasteiger partial charge is 0.269 e. The van der Waals surface area contributed by atoms with Crippen LogP contribution in [-0.4, -0.2) is 47.8 Å². The van der Waals surface area contributed by atoms with Crippen LogP contribution >= 0.6 is 0 Å². The fourth-order valence-corrected chi connectivity index (χ4v) is 4.43. The van der Waals surface area contributed by atoms with Crippen LogP contribution in [-0.2, 0) is 0 Å². The van der Waals surface area contributed by atoms with Crippen molar-refractivity contribution in [3.8, 4) is 22.6 Å². The highest BCUT2D eigenvalue weighted by atomic mass is 19.1. The Balaban J connectivity index is 1.70. The number of anilines is 2. The maximum atomic E-state index is 14.3. The summed E-state index contributed by atoms with van der Waals surface area (Å²) in [4.78, 5) is 25.3. The molecule has 1 fully saturated rings. The number of aromatic amines is 1. The number of carbonyl (C=O) groups excluding carboxylic acids is 1. The van der Waals surface area contributed by atoms with Crippen molar-refractivity contribution in [2.45, 2.75) is 38.3 Å². The molecular weight excluding hydrogens is 439 g/mol. The lowest BCUT2D eigenvalue weighted by atomic mass is 9.77. The number of aryl methyl sites for hydroxylation is 1. The minimum absolute atomic E-state index is 0.0157. The number of pyridine rings is 1. The highest BCUT2D eigenvalue weighted by Crippen LogP contribution is 2.38. The van der Waals surface area contributed by atoms with Gasteiger partial charge in [0.05, 0.1) is 40.5 Å². The van der Waals surface area contributed by atoms with Gasteiger partial charge >= 0.3 is 0 Å². The van der Waals surface area contributed by atoms with Gasteiger partial charge in [-0.1, -0.05) is 6.07 Å². The predicted octanol–water partition coefficient (Wildman–Crippen LogP) is 2.54. The van der Waals surface area contributed by atoms with E-state index in [0.29, 0.717) is 24.2 Å². The van der Waals surface area contributed by atoms with Gasteiger partial charge in [0.15, 0.2) is 11.5 Å². The Kier molecular flexibility index (Phi) is 4.94. The summed E-state index contributed by atoms with van der Waals surface area (Å²) < 4.78 is 14.3. The average molecular weight is 462 g/mol. The molecule has 1 aromatic carbocycles. The number of aliphatic hydroxyl groups is 1. The van der Waals surface area contributed by atoms with Crippen LogP contribution in [0.3, 0.4) is 0 Å². The SMILES string of the molecule is Cc1ccc2[nH]ncc2c1-c1nc(-c2cc(F)cnc2NC2CC(C)(O)C2)nc(C(N)=O)c1N. The zero-order valence-electron chi connectivity index (χ0n) is 18.6. The van der Waals surface area contributed by atoms with Crippen LogP contribution in [0.4, 0.5) is 15.9 Å². The third kappa shape index (κ3) is 3.69. The molecule has 4 aromatic rings. The van der Waals surface area contributed by atoms with Gasteiger partial charge in [-0.25, -0.2) is 19.3 Å². The lowest BCUT2D eigenvalue weighted by molar-refractivity contribution is -0.0235. The summed E-state index contributed by atoms with van der Waals surface area (Å²) in [6.45, 7) is 3.63. The Hall–Kier alpha value is -4.12. The summed E-state index contributed by atoms with van der Waals surface area (Å²) in [5.74, 6) is -1.07. The maximum Gasteiger partial charge on any atom is 0.269 e. The van der Waals surface area contributed by atoms with Gasteiger partial charge < -0.3 is 21.9 Å². The molecule has 11 heteroatoms. The van der Waals surface area contributed by atoms with Crippen molar-refractivity contribution in [1.82, 2.24) is 25.1 Å². The number of halogens is 1. The first-order valence-corrected chi connectivity index (χ1v) is 10.7. The molecule has 1 aliphatic carbocycles. The van der Waals surface area contributed by atoms with Crippen molar-refractivity contribution in [1.29, 1.82) is 0 Å². The second kappa shape index (κ2) is 7.73. The van der Waals surface area contributed by atoms with E-state index in [1.807, 2.05) is 19.1 Å². The summed E-state index contributed by atoms with van der Waals surface area (Å²) in [5, 5.41) is 21.0. The molecule has 0 radical (unpaired) electrons. The Morgan fingerprint density at radius 3 is 2.76 bits per heavy atom. The Bertz CT molecular complexity index is 1440. The third-order valence-electron chi connectivity index (χ3n) is 6.06. The molecule has 34 heavy (non-hydrogen) atoms. The monoisotopic (exact) mass is 462 g/mol. The van der Waals surface area contributed by atoms with E-state index in [4.69, 9.17) is 11.5 Å². The van der Waals surface area contributed by atoms with E-state index in [0.717, 1.165) is 22.7 Å². The first-order chi connectivity index (χ1) is 16.1. The molecule has 0 saturated heterocycles. The third-order valence-corrected chi connectivity index (χ3v) is 6.06. The van der Waals surface area contributed by atoms with Crippen LogP contribution in [0.2, 0.25) is 0 Å². The summed E-state index contributed by atoms with van der Waals surface area (Å²) in [6, 6.07) is 4.93. The lowest BCUT2D eigenvalue weighted by Gasteiger charge is -2.41. The number of nitrogens with two attached hydrogens (primary N) is 2. The second-order valence-electron chi connectivity index (χ2n) is 8.91. The molecule has 1 aliphatic rings. The van der Waals surface area contributed by atoms with E-state index >= 15 is 0 Å². The quantitative estimate of drug-likeness (QED) is 0.301. The number of carbonyl (C=O) groups is 1. The van der Waals surface area contributed by atoms with E-state index in [-0.39, 0.29) is 34.5 Å². The van der Waals surface area contributed by atoms with Gasteiger partial charge in [-0.05, 0) is 44.4 Å². The number of primary amides is 1. The van der Waals surface area contributed by atoms with E-state index in [2.05, 4.69) is 30.5 Å². The highest BCUT2D eigenvalue weighted by molar-refractivity contribution is 6.04. The van der Waals surface area contributed by atoms with Crippen LogP contribution in [0.25, 0.3) is 33.5 Å². The molecule has 5 rings (SSSR count). The average Bonchev–Trinajstić information content (AvgIpc) is 3.23. The van der Waals surface area contributed by atoms with Gasteiger partial charge in [-0.15, -0.1) is 0 Å². The number of hydrogen-bond acceptors (Lipinski definition) is 8. The Morgan fingerprint density at radius 2 is 2.06 bits per heavy atom. The second-order valence-corrected chi connectivity index (χ2v) is 8.91. The molecule has 1 saturated carbocycles. The van der Waals surface area contributed by atoms with Crippen LogP contribution < -0.4 is 16.8 Å². The molecule has 0 atom stereocenters. The molecule has 7 N–H and O–H groups in total. The molecule has 0 bridgehead atoms. The van der Waals surface area contributed by atoms with Crippen molar-refractivity contribution in [3.63, 3.8) is 0 Å². The number of amides is 1. The molecule has 174 valence electrons. The van der Waals surface area contributed by atoms with Gasteiger partial charge in [0, 0.05) is 17.0 Å². The zero-order valence-corrected chi connectivity index (χ0v) is 18.6. The van der Waals surface area contributed by atoms with E-state index in [1.165, 1.54) is 6.07 Å². The molecule has 3 aromatic heterocycles. The first-order valence-electron chi connectivity index (χ1n) is 10.7. The molecule has 3 heterocycles. The fraction of sp³-hybridized carbons (Fsp3) is 0.261. The predicted molar refractivity (Wildman–Crippen MR) is 125 cm³/mol. The number of nitrogen functional groups attached to an aromatic ring is 1. The summed E-state index contributed by atoms with van der Waals surface area (Å²) >= 11 is 0. The van der Waals surface area contributed by atoms with Crippen LogP contribution in [0, 0.1) is 12.7 Å². The molecular formula is C23H23FN8O2. The summed E-state index contributed by atoms with van der Waals surface area (Å²) in [5.41, 5.74) is 13.8. The van der Waals surface area contributed by atoms with Crippen LogP contribution in [0.5, 0.6) is 0 Å². The minimum Gasteiger partial charge on any atom is -0.395 e. The fourth-order valence-electron chi connectivity index (χ4n) is 4.43. The van der Waals surface area contributed by atoms with E-state index < -0.39 is 17.3 Å². The van der Waals surface area contributed by atoms with Crippen molar-refractivity contribution >= 4 is 28.3 Å². The number of H-pyrrole nitrogens is 1. The van der Waals surface area contributed by atoms with Crippen LogP contribution in [0.15, 0.2) is 30.6 Å². The number of rotatable bonds is 5. The number of nitrogens with zero attached hydrogens (tertiary/aromatic N) is 4. The van der Waals surface area contributed by atoms with Gasteiger partial charge in [0.2, 0.25) is 0 Å². The van der Waals surface area contributed by atoms with Gasteiger partial charge in [-0.3, -0.25) is 9.89 Å². The van der Waals surface area contributed by atoms with Gasteiger partial charge in [-0.2, -0.15) is 5.10 Å². The minimum atomic E-state index is -0.840. The normalized spacial score (nSPS) is 19.7. The largest absolute Gasteiger partial charge is 0.395 e. The standard InChI is InChI=1S/C23H23FN8O2/c1-10-3-4-15-14(9-28-32-15)16(10)18-17(25)19(20(26)33)31-22(30-18)13-5-11(24)8-27-21(13)29-12-6-23(2,34)7-12/h3-5,8-9,12,34H,6-7,25H2,1-2H3,(H2,26,33)(H,27,29)(H,28,32). The molecule has 10 nitrogen and oxygen atoms in total. The van der Waals surface area contributed by atoms with Gasteiger partial charge in [0.25, 0.3) is 5.91 Å². The topological polar surface area (TPSA) is 169 Å². The number of nitrogens with one attached hydrogen (secondary N) is 2. The summed E-state index contributed by atoms with van der Waals surface area (Å²) in [7, 11) is 0. The number of fused-ring (bicyclic) bond motifs is 1. The van der Waals surface area contributed by atoms with Crippen molar-refractivity contribution in [3.05, 3.63) is 47.7 Å². The Morgan fingerprint density at radius 1 is 1.29 bits per heavy atom. The molecule has 0 unspecified atom stereocenters.